The standard InChI is InChI=1S/C31H49IN6O7/c1-20(2)26(38-24(39)11-7-9-16-34-25(40)18-32)28(42)37-23(10-6-8-17-35-30(33)44)27(41)36-22-14-12-21(13-15-22)19-45-29(43)31(3,4)5/h12-15,20,23,26H,6-11,16-19H2,1-5H3,(H,34,40)(H,36,41)(H,37,42)(H,38,39)(H3,33,35,44)/t23-,26-/m1/s1. The summed E-state index contributed by atoms with van der Waals surface area (Å²) in [6.07, 6.45) is 2.68. The van der Waals surface area contributed by atoms with Crippen LogP contribution >= 0.6 is 22.6 Å². The Labute approximate surface area is 279 Å². The van der Waals surface area contributed by atoms with E-state index in [9.17, 15) is 28.8 Å². The summed E-state index contributed by atoms with van der Waals surface area (Å²) in [5, 5.41) is 13.6. The average Bonchev–Trinajstić information content (AvgIpc) is 2.97. The number of unbranched alkanes of at least 4 members (excludes halogenated alkanes) is 2. The third-order valence-corrected chi connectivity index (χ3v) is 7.29. The van der Waals surface area contributed by atoms with E-state index in [-0.39, 0.29) is 43.2 Å². The van der Waals surface area contributed by atoms with Gasteiger partial charge in [-0.05, 0) is 76.5 Å². The van der Waals surface area contributed by atoms with Crippen molar-refractivity contribution in [2.24, 2.45) is 17.1 Å². The van der Waals surface area contributed by atoms with E-state index < -0.39 is 35.3 Å². The van der Waals surface area contributed by atoms with E-state index in [1.165, 1.54) is 0 Å². The van der Waals surface area contributed by atoms with Crippen LogP contribution in [-0.4, -0.2) is 65.2 Å². The van der Waals surface area contributed by atoms with Gasteiger partial charge in [0, 0.05) is 25.2 Å². The van der Waals surface area contributed by atoms with Crippen molar-refractivity contribution in [2.75, 3.05) is 22.8 Å². The molecule has 2 atom stereocenters. The number of benzene rings is 1. The van der Waals surface area contributed by atoms with Crippen molar-refractivity contribution in [3.05, 3.63) is 29.8 Å². The van der Waals surface area contributed by atoms with Gasteiger partial charge in [0.25, 0.3) is 0 Å². The number of amides is 6. The number of primary amides is 1. The van der Waals surface area contributed by atoms with Crippen molar-refractivity contribution in [1.29, 1.82) is 0 Å². The number of urea groups is 1. The van der Waals surface area contributed by atoms with Gasteiger partial charge in [-0.15, -0.1) is 0 Å². The summed E-state index contributed by atoms with van der Waals surface area (Å²) >= 11 is 1.98. The van der Waals surface area contributed by atoms with Crippen LogP contribution < -0.4 is 32.3 Å². The first-order chi connectivity index (χ1) is 21.1. The van der Waals surface area contributed by atoms with Gasteiger partial charge < -0.3 is 37.1 Å². The second kappa shape index (κ2) is 20.6. The molecule has 1 aromatic rings. The first-order valence-electron chi connectivity index (χ1n) is 15.2. The molecule has 0 aliphatic rings. The number of ether oxygens (including phenoxy) is 1. The number of hydrogen-bond donors (Lipinski definition) is 6. The van der Waals surface area contributed by atoms with Gasteiger partial charge in [0.1, 0.15) is 18.7 Å². The molecule has 0 saturated heterocycles. The fraction of sp³-hybridized carbons (Fsp3) is 0.613. The van der Waals surface area contributed by atoms with E-state index in [0.29, 0.717) is 48.9 Å². The fourth-order valence-corrected chi connectivity index (χ4v) is 4.23. The molecule has 0 heterocycles. The molecule has 0 unspecified atom stereocenters. The Morgan fingerprint density at radius 3 is 2.04 bits per heavy atom. The molecule has 0 saturated carbocycles. The van der Waals surface area contributed by atoms with E-state index in [4.69, 9.17) is 10.5 Å². The number of esters is 1. The SMILES string of the molecule is CC(C)[C@@H](NC(=O)CCCCNC(=O)CI)C(=O)N[C@H](CCCCNC(N)=O)C(=O)Nc1ccc(COC(=O)C(C)(C)C)cc1. The molecule has 1 aromatic carbocycles. The van der Waals surface area contributed by atoms with Gasteiger partial charge in [-0.1, -0.05) is 48.6 Å². The second-order valence-corrected chi connectivity index (χ2v) is 12.9. The predicted octanol–water partition coefficient (Wildman–Crippen LogP) is 2.90. The van der Waals surface area contributed by atoms with Gasteiger partial charge in [-0.25, -0.2) is 4.79 Å². The predicted molar refractivity (Wildman–Crippen MR) is 180 cm³/mol. The van der Waals surface area contributed by atoms with Crippen molar-refractivity contribution in [2.45, 2.75) is 91.8 Å². The molecule has 1 rings (SSSR count). The van der Waals surface area contributed by atoms with Crippen LogP contribution in [0.25, 0.3) is 0 Å². The van der Waals surface area contributed by atoms with Gasteiger partial charge in [-0.2, -0.15) is 0 Å². The highest BCUT2D eigenvalue weighted by Crippen LogP contribution is 2.18. The molecular weight excluding hydrogens is 695 g/mol. The zero-order valence-electron chi connectivity index (χ0n) is 26.9. The molecule has 7 N–H and O–H groups in total. The van der Waals surface area contributed by atoms with Crippen molar-refractivity contribution in [1.82, 2.24) is 21.3 Å². The summed E-state index contributed by atoms with van der Waals surface area (Å²) in [5.41, 5.74) is 5.74. The number of nitrogens with one attached hydrogen (secondary N) is 5. The fourth-order valence-electron chi connectivity index (χ4n) is 3.96. The maximum Gasteiger partial charge on any atom is 0.312 e. The summed E-state index contributed by atoms with van der Waals surface area (Å²) < 4.78 is 5.71. The minimum absolute atomic E-state index is 0.0600. The van der Waals surface area contributed by atoms with Crippen molar-refractivity contribution in [3.63, 3.8) is 0 Å². The van der Waals surface area contributed by atoms with Crippen LogP contribution in [0, 0.1) is 11.3 Å². The van der Waals surface area contributed by atoms with Crippen LogP contribution in [0.15, 0.2) is 24.3 Å². The van der Waals surface area contributed by atoms with Crippen LogP contribution in [0.4, 0.5) is 10.5 Å². The van der Waals surface area contributed by atoms with Crippen LogP contribution in [0.2, 0.25) is 0 Å². The van der Waals surface area contributed by atoms with E-state index in [1.54, 1.807) is 58.9 Å². The topological polar surface area (TPSA) is 198 Å². The number of carbonyl (C=O) groups is 6. The number of halogens is 1. The maximum absolute atomic E-state index is 13.3. The molecule has 6 amide bonds. The third-order valence-electron chi connectivity index (χ3n) is 6.60. The van der Waals surface area contributed by atoms with E-state index in [0.717, 1.165) is 5.56 Å². The lowest BCUT2D eigenvalue weighted by Crippen LogP contribution is -2.54. The Bertz CT molecular complexity index is 1140. The first kappa shape index (κ1) is 39.6. The monoisotopic (exact) mass is 744 g/mol. The molecule has 45 heavy (non-hydrogen) atoms. The van der Waals surface area contributed by atoms with Gasteiger partial charge >= 0.3 is 12.0 Å². The molecule has 0 radical (unpaired) electrons. The lowest BCUT2D eigenvalue weighted by molar-refractivity contribution is -0.154. The molecule has 0 aliphatic carbocycles. The third kappa shape index (κ3) is 17.0. The molecule has 0 bridgehead atoms. The molecule has 0 spiro atoms. The normalized spacial score (nSPS) is 12.4. The Balaban J connectivity index is 2.84. The van der Waals surface area contributed by atoms with Crippen LogP contribution in [0.5, 0.6) is 0 Å². The molecule has 0 fully saturated rings. The Morgan fingerprint density at radius 1 is 0.844 bits per heavy atom. The summed E-state index contributed by atoms with van der Waals surface area (Å²) in [6.45, 7) is 9.81. The highest BCUT2D eigenvalue weighted by Gasteiger charge is 2.29. The maximum atomic E-state index is 13.3. The minimum atomic E-state index is -0.918. The van der Waals surface area contributed by atoms with Gasteiger partial charge in [0.15, 0.2) is 0 Å². The van der Waals surface area contributed by atoms with E-state index in [2.05, 4.69) is 26.6 Å². The first-order valence-corrected chi connectivity index (χ1v) is 16.7. The summed E-state index contributed by atoms with van der Waals surface area (Å²) in [7, 11) is 0. The van der Waals surface area contributed by atoms with E-state index in [1.807, 2.05) is 22.6 Å². The Kier molecular flexibility index (Phi) is 18.1. The van der Waals surface area contributed by atoms with Crippen LogP contribution in [0.1, 0.15) is 78.7 Å². The number of carbonyl (C=O) groups excluding carboxylic acids is 6. The van der Waals surface area contributed by atoms with Crippen molar-refractivity contribution in [3.8, 4) is 0 Å². The van der Waals surface area contributed by atoms with E-state index >= 15 is 0 Å². The Morgan fingerprint density at radius 2 is 1.47 bits per heavy atom. The molecule has 252 valence electrons. The number of hydrogen-bond acceptors (Lipinski definition) is 7. The number of rotatable bonds is 19. The van der Waals surface area contributed by atoms with Gasteiger partial charge in [0.05, 0.1) is 9.84 Å². The van der Waals surface area contributed by atoms with Gasteiger partial charge in [-0.3, -0.25) is 24.0 Å². The largest absolute Gasteiger partial charge is 0.460 e. The lowest BCUT2D eigenvalue weighted by atomic mass is 9.97. The molecule has 14 heteroatoms. The molecule has 0 aliphatic heterocycles. The zero-order valence-corrected chi connectivity index (χ0v) is 29.1. The molecule has 0 aromatic heterocycles. The quantitative estimate of drug-likeness (QED) is 0.0542. The number of anilines is 1. The zero-order chi connectivity index (χ0) is 34.0. The minimum Gasteiger partial charge on any atom is -0.460 e. The van der Waals surface area contributed by atoms with Gasteiger partial charge in [0.2, 0.25) is 23.6 Å². The second-order valence-electron chi connectivity index (χ2n) is 12.1. The van der Waals surface area contributed by atoms with Crippen LogP contribution in [-0.2, 0) is 35.3 Å². The highest BCUT2D eigenvalue weighted by atomic mass is 127. The van der Waals surface area contributed by atoms with Crippen molar-refractivity contribution >= 4 is 63.9 Å². The number of alkyl halides is 1. The van der Waals surface area contributed by atoms with Crippen LogP contribution in [0.3, 0.4) is 0 Å². The lowest BCUT2D eigenvalue weighted by Gasteiger charge is -2.25. The van der Waals surface area contributed by atoms with Crippen molar-refractivity contribution < 1.29 is 33.5 Å². The average molecular weight is 745 g/mol. The molecular formula is C31H49IN6O7. The molecule has 13 nitrogen and oxygen atoms in total. The smallest absolute Gasteiger partial charge is 0.312 e. The summed E-state index contributed by atoms with van der Waals surface area (Å²) in [6, 6.07) is 4.40. The summed E-state index contributed by atoms with van der Waals surface area (Å²) in [4.78, 5) is 73.6. The highest BCUT2D eigenvalue weighted by molar-refractivity contribution is 14.1. The number of nitrogens with two attached hydrogens (primary N) is 1. The summed E-state index contributed by atoms with van der Waals surface area (Å²) in [5.74, 6) is -1.86. The Hall–Kier alpha value is -3.43.